The number of carbonyl (C=O) groups excluding carboxylic acids is 1. The molecule has 0 saturated heterocycles. The van der Waals surface area contributed by atoms with E-state index in [-0.39, 0.29) is 13.2 Å². The summed E-state index contributed by atoms with van der Waals surface area (Å²) in [7, 11) is 0. The van der Waals surface area contributed by atoms with Crippen molar-refractivity contribution in [1.29, 1.82) is 0 Å². The summed E-state index contributed by atoms with van der Waals surface area (Å²) < 4.78 is 9.48. The van der Waals surface area contributed by atoms with Crippen LogP contribution in [0.5, 0.6) is 0 Å². The van der Waals surface area contributed by atoms with Crippen LogP contribution in [0.25, 0.3) is 0 Å². The molecule has 0 atom stereocenters. The van der Waals surface area contributed by atoms with Crippen LogP contribution < -0.4 is 0 Å². The zero-order chi connectivity index (χ0) is 10.6. The molecule has 0 aromatic carbocycles. The number of hydrogen-bond acceptors (Lipinski definition) is 3. The summed E-state index contributed by atoms with van der Waals surface area (Å²) in [4.78, 5) is 10.9. The van der Waals surface area contributed by atoms with Crippen LogP contribution in [0.4, 0.5) is 4.79 Å². The maximum Gasteiger partial charge on any atom is 0.508 e. The molecule has 14 heavy (non-hydrogen) atoms. The fourth-order valence-electron chi connectivity index (χ4n) is 0.743. The van der Waals surface area contributed by atoms with Crippen molar-refractivity contribution >= 4 is 6.16 Å². The first-order valence-electron chi connectivity index (χ1n) is 4.90. The van der Waals surface area contributed by atoms with E-state index in [1.807, 2.05) is 26.0 Å². The van der Waals surface area contributed by atoms with E-state index in [9.17, 15) is 4.79 Å². The van der Waals surface area contributed by atoms with Gasteiger partial charge in [0.1, 0.15) is 13.2 Å². The molecular formula is C11H18O3. The lowest BCUT2D eigenvalue weighted by Gasteiger charge is -2.00. The van der Waals surface area contributed by atoms with Crippen LogP contribution in [0.2, 0.25) is 0 Å². The van der Waals surface area contributed by atoms with E-state index in [1.54, 1.807) is 12.2 Å². The molecule has 0 aliphatic rings. The number of carbonyl (C=O) groups is 1. The van der Waals surface area contributed by atoms with Gasteiger partial charge in [0.2, 0.25) is 0 Å². The third-order valence-electron chi connectivity index (χ3n) is 1.40. The first kappa shape index (κ1) is 12.8. The molecule has 0 N–H and O–H groups in total. The Kier molecular flexibility index (Phi) is 8.96. The molecule has 0 spiro atoms. The Morgan fingerprint density at radius 3 is 1.71 bits per heavy atom. The Morgan fingerprint density at radius 1 is 0.929 bits per heavy atom. The van der Waals surface area contributed by atoms with Gasteiger partial charge < -0.3 is 9.47 Å². The predicted octanol–water partition coefficient (Wildman–Crippen LogP) is 3.07. The second-order valence-electron chi connectivity index (χ2n) is 2.63. The second-order valence-corrected chi connectivity index (χ2v) is 2.63. The van der Waals surface area contributed by atoms with Crippen LogP contribution in [0, 0.1) is 0 Å². The van der Waals surface area contributed by atoms with E-state index in [4.69, 9.17) is 9.47 Å². The van der Waals surface area contributed by atoms with Crippen molar-refractivity contribution in [1.82, 2.24) is 0 Å². The lowest BCUT2D eigenvalue weighted by atomic mass is 10.4. The number of rotatable bonds is 6. The zero-order valence-electron chi connectivity index (χ0n) is 8.86. The van der Waals surface area contributed by atoms with E-state index < -0.39 is 6.16 Å². The Bertz CT molecular complexity index is 175. The van der Waals surface area contributed by atoms with Crippen LogP contribution in [0.1, 0.15) is 26.7 Å². The summed E-state index contributed by atoms with van der Waals surface area (Å²) in [5.74, 6) is 0. The van der Waals surface area contributed by atoms with Gasteiger partial charge in [0.25, 0.3) is 0 Å². The predicted molar refractivity (Wildman–Crippen MR) is 56.2 cm³/mol. The van der Waals surface area contributed by atoms with E-state index in [0.29, 0.717) is 0 Å². The SMILES string of the molecule is CC/C=C/COC(=O)OC/C=C/CC. The van der Waals surface area contributed by atoms with Crippen LogP contribution in [0.15, 0.2) is 24.3 Å². The van der Waals surface area contributed by atoms with Gasteiger partial charge in [-0.2, -0.15) is 0 Å². The Labute approximate surface area is 85.4 Å². The maximum atomic E-state index is 10.9. The Morgan fingerprint density at radius 2 is 1.36 bits per heavy atom. The Hall–Kier alpha value is -1.25. The maximum absolute atomic E-state index is 10.9. The van der Waals surface area contributed by atoms with E-state index in [1.165, 1.54) is 0 Å². The van der Waals surface area contributed by atoms with Gasteiger partial charge in [-0.15, -0.1) is 0 Å². The quantitative estimate of drug-likeness (QED) is 0.486. The lowest BCUT2D eigenvalue weighted by molar-refractivity contribution is 0.0717. The topological polar surface area (TPSA) is 35.5 Å². The minimum Gasteiger partial charge on any atom is -0.430 e. The number of hydrogen-bond donors (Lipinski definition) is 0. The van der Waals surface area contributed by atoms with Gasteiger partial charge in [0, 0.05) is 0 Å². The largest absolute Gasteiger partial charge is 0.508 e. The zero-order valence-corrected chi connectivity index (χ0v) is 8.86. The van der Waals surface area contributed by atoms with Crippen molar-refractivity contribution in [2.45, 2.75) is 26.7 Å². The molecule has 0 radical (unpaired) electrons. The van der Waals surface area contributed by atoms with Crippen molar-refractivity contribution in [3.63, 3.8) is 0 Å². The van der Waals surface area contributed by atoms with Crippen LogP contribution in [0.3, 0.4) is 0 Å². The normalized spacial score (nSPS) is 11.0. The molecule has 3 nitrogen and oxygen atoms in total. The fraction of sp³-hybridized carbons (Fsp3) is 0.545. The number of ether oxygens (including phenoxy) is 2. The van der Waals surface area contributed by atoms with Crippen molar-refractivity contribution in [2.75, 3.05) is 13.2 Å². The van der Waals surface area contributed by atoms with Gasteiger partial charge in [-0.25, -0.2) is 4.79 Å². The lowest BCUT2D eigenvalue weighted by Crippen LogP contribution is -2.07. The number of allylic oxidation sites excluding steroid dienone is 2. The van der Waals surface area contributed by atoms with Crippen LogP contribution in [-0.2, 0) is 9.47 Å². The highest BCUT2D eigenvalue weighted by Gasteiger charge is 1.98. The highest BCUT2D eigenvalue weighted by Crippen LogP contribution is 1.89. The first-order valence-corrected chi connectivity index (χ1v) is 4.90. The molecule has 0 aliphatic carbocycles. The fourth-order valence-corrected chi connectivity index (χ4v) is 0.743. The van der Waals surface area contributed by atoms with Crippen LogP contribution >= 0.6 is 0 Å². The van der Waals surface area contributed by atoms with E-state index >= 15 is 0 Å². The molecule has 0 rings (SSSR count). The van der Waals surface area contributed by atoms with Gasteiger partial charge in [0.15, 0.2) is 0 Å². The third kappa shape index (κ3) is 8.84. The Balaban J connectivity index is 3.37. The third-order valence-corrected chi connectivity index (χ3v) is 1.40. The molecule has 0 fully saturated rings. The highest BCUT2D eigenvalue weighted by molar-refractivity contribution is 5.60. The van der Waals surface area contributed by atoms with Gasteiger partial charge >= 0.3 is 6.16 Å². The summed E-state index contributed by atoms with van der Waals surface area (Å²) in [6.45, 7) is 4.60. The second kappa shape index (κ2) is 9.84. The molecule has 0 aromatic rings. The molecule has 80 valence electrons. The molecule has 0 aliphatic heterocycles. The van der Waals surface area contributed by atoms with Crippen molar-refractivity contribution in [3.8, 4) is 0 Å². The van der Waals surface area contributed by atoms with Crippen LogP contribution in [-0.4, -0.2) is 19.4 Å². The van der Waals surface area contributed by atoms with Gasteiger partial charge in [-0.05, 0) is 12.8 Å². The standard InChI is InChI=1S/C11H18O3/c1-3-5-7-9-13-11(12)14-10-8-6-4-2/h5-8H,3-4,9-10H2,1-2H3/b7-5+,8-6+. The summed E-state index contributed by atoms with van der Waals surface area (Å²) in [6, 6.07) is 0. The van der Waals surface area contributed by atoms with E-state index in [0.717, 1.165) is 12.8 Å². The minimum atomic E-state index is -0.619. The van der Waals surface area contributed by atoms with Gasteiger partial charge in [0.05, 0.1) is 0 Å². The van der Waals surface area contributed by atoms with E-state index in [2.05, 4.69) is 0 Å². The highest BCUT2D eigenvalue weighted by atomic mass is 16.7. The molecule has 3 heteroatoms. The molecule has 0 heterocycles. The van der Waals surface area contributed by atoms with Gasteiger partial charge in [-0.3, -0.25) is 0 Å². The van der Waals surface area contributed by atoms with Gasteiger partial charge in [-0.1, -0.05) is 38.2 Å². The van der Waals surface area contributed by atoms with Crippen molar-refractivity contribution in [2.24, 2.45) is 0 Å². The smallest absolute Gasteiger partial charge is 0.430 e. The monoisotopic (exact) mass is 198 g/mol. The molecule has 0 amide bonds. The molecule has 0 unspecified atom stereocenters. The molecule has 0 aromatic heterocycles. The summed E-state index contributed by atoms with van der Waals surface area (Å²) >= 11 is 0. The average Bonchev–Trinajstić information content (AvgIpc) is 2.19. The van der Waals surface area contributed by atoms with Crippen molar-refractivity contribution < 1.29 is 14.3 Å². The molecule has 0 bridgehead atoms. The molecular weight excluding hydrogens is 180 g/mol. The molecule has 0 saturated carbocycles. The minimum absolute atomic E-state index is 0.282. The summed E-state index contributed by atoms with van der Waals surface area (Å²) in [6.07, 6.45) is 8.72. The first-order chi connectivity index (χ1) is 6.81. The van der Waals surface area contributed by atoms with Crippen molar-refractivity contribution in [3.05, 3.63) is 24.3 Å². The summed E-state index contributed by atoms with van der Waals surface area (Å²) in [5.41, 5.74) is 0. The average molecular weight is 198 g/mol. The summed E-state index contributed by atoms with van der Waals surface area (Å²) in [5, 5.41) is 0.